The first-order valence-corrected chi connectivity index (χ1v) is 6.87. The summed E-state index contributed by atoms with van der Waals surface area (Å²) >= 11 is 3.25. The third kappa shape index (κ3) is 2.04. The molecule has 0 radical (unpaired) electrons. The van der Waals surface area contributed by atoms with E-state index < -0.39 is 17.7 Å². The maximum absolute atomic E-state index is 12.4. The summed E-state index contributed by atoms with van der Waals surface area (Å²) < 4.78 is 0.685. The molecule has 6 heteroatoms. The van der Waals surface area contributed by atoms with Crippen LogP contribution in [0.15, 0.2) is 46.9 Å². The van der Waals surface area contributed by atoms with Crippen molar-refractivity contribution in [2.24, 2.45) is 0 Å². The first-order chi connectivity index (χ1) is 10.0. The second-order valence-electron chi connectivity index (χ2n) is 4.53. The number of benzene rings is 2. The maximum atomic E-state index is 12.4. The van der Waals surface area contributed by atoms with E-state index in [0.29, 0.717) is 9.37 Å². The highest BCUT2D eigenvalue weighted by Crippen LogP contribution is 2.29. The van der Waals surface area contributed by atoms with Crippen LogP contribution < -0.4 is 5.73 Å². The van der Waals surface area contributed by atoms with Crippen molar-refractivity contribution >= 4 is 39.3 Å². The zero-order valence-electron chi connectivity index (χ0n) is 10.7. The van der Waals surface area contributed by atoms with Crippen LogP contribution in [0, 0.1) is 0 Å². The van der Waals surface area contributed by atoms with Crippen molar-refractivity contribution in [3.63, 3.8) is 0 Å². The number of fused-ring (bicyclic) bond motifs is 1. The van der Waals surface area contributed by atoms with E-state index in [0.717, 1.165) is 0 Å². The summed E-state index contributed by atoms with van der Waals surface area (Å²) in [7, 11) is 0. The average molecular weight is 345 g/mol. The number of carbonyl (C=O) groups is 3. The van der Waals surface area contributed by atoms with Crippen LogP contribution in [-0.2, 0) is 0 Å². The minimum Gasteiger partial charge on any atom is -0.398 e. The lowest BCUT2D eigenvalue weighted by Gasteiger charge is -2.12. The van der Waals surface area contributed by atoms with Gasteiger partial charge < -0.3 is 5.73 Å². The van der Waals surface area contributed by atoms with Crippen LogP contribution in [0.4, 0.5) is 5.69 Å². The number of imide groups is 3. The number of halogens is 1. The van der Waals surface area contributed by atoms with E-state index >= 15 is 0 Å². The Balaban J connectivity index is 2.06. The Bertz CT molecular complexity index is 801. The minimum absolute atomic E-state index is 0.0887. The summed E-state index contributed by atoms with van der Waals surface area (Å²) in [5.74, 6) is -1.99. The molecule has 0 aromatic heterocycles. The SMILES string of the molecule is Nc1cccc2c1C(=O)N(C(=O)c1cccc(Br)c1)C2=O. The van der Waals surface area contributed by atoms with E-state index in [1.54, 1.807) is 30.3 Å². The van der Waals surface area contributed by atoms with Crippen molar-refractivity contribution in [3.05, 3.63) is 63.6 Å². The molecule has 0 aliphatic carbocycles. The molecule has 0 unspecified atom stereocenters. The van der Waals surface area contributed by atoms with Crippen LogP contribution >= 0.6 is 15.9 Å². The van der Waals surface area contributed by atoms with Gasteiger partial charge in [0.2, 0.25) is 0 Å². The molecule has 1 aliphatic heterocycles. The Kier molecular flexibility index (Phi) is 3.10. The van der Waals surface area contributed by atoms with Gasteiger partial charge in [0, 0.05) is 15.7 Å². The molecule has 21 heavy (non-hydrogen) atoms. The van der Waals surface area contributed by atoms with Crippen LogP contribution in [0.3, 0.4) is 0 Å². The molecule has 3 amide bonds. The summed E-state index contributed by atoms with van der Waals surface area (Å²) in [5, 5.41) is 0. The van der Waals surface area contributed by atoms with Gasteiger partial charge in [0.15, 0.2) is 0 Å². The molecule has 0 saturated carbocycles. The zero-order chi connectivity index (χ0) is 15.1. The van der Waals surface area contributed by atoms with Gasteiger partial charge in [-0.25, -0.2) is 4.90 Å². The van der Waals surface area contributed by atoms with Crippen molar-refractivity contribution in [1.29, 1.82) is 0 Å². The average Bonchev–Trinajstić information content (AvgIpc) is 2.71. The van der Waals surface area contributed by atoms with Crippen LogP contribution in [0.25, 0.3) is 0 Å². The molecule has 3 rings (SSSR count). The van der Waals surface area contributed by atoms with E-state index in [1.807, 2.05) is 0 Å². The number of nitrogens with zero attached hydrogens (tertiary/aromatic N) is 1. The highest BCUT2D eigenvalue weighted by Gasteiger charge is 2.41. The Labute approximate surface area is 128 Å². The first kappa shape index (κ1) is 13.5. The van der Waals surface area contributed by atoms with Crippen LogP contribution in [0.5, 0.6) is 0 Å². The number of anilines is 1. The van der Waals surface area contributed by atoms with Gasteiger partial charge in [0.25, 0.3) is 17.7 Å². The number of carbonyl (C=O) groups excluding carboxylic acids is 3. The minimum atomic E-state index is -0.682. The lowest BCUT2D eigenvalue weighted by molar-refractivity contribution is 0.0566. The monoisotopic (exact) mass is 344 g/mol. The van der Waals surface area contributed by atoms with Gasteiger partial charge in [0.1, 0.15) is 0 Å². The summed E-state index contributed by atoms with van der Waals surface area (Å²) in [4.78, 5) is 37.6. The second kappa shape index (κ2) is 4.82. The lowest BCUT2D eigenvalue weighted by Crippen LogP contribution is -2.36. The zero-order valence-corrected chi connectivity index (χ0v) is 12.3. The molecule has 2 aromatic carbocycles. The number of hydrogen-bond acceptors (Lipinski definition) is 4. The van der Waals surface area contributed by atoms with E-state index in [2.05, 4.69) is 15.9 Å². The van der Waals surface area contributed by atoms with Crippen molar-refractivity contribution < 1.29 is 14.4 Å². The van der Waals surface area contributed by atoms with Crippen LogP contribution in [-0.4, -0.2) is 22.6 Å². The quantitative estimate of drug-likeness (QED) is 0.636. The van der Waals surface area contributed by atoms with E-state index in [9.17, 15) is 14.4 Å². The van der Waals surface area contributed by atoms with Crippen molar-refractivity contribution in [3.8, 4) is 0 Å². The fourth-order valence-electron chi connectivity index (χ4n) is 2.25. The molecule has 1 aliphatic rings. The topological polar surface area (TPSA) is 80.5 Å². The maximum Gasteiger partial charge on any atom is 0.270 e. The molecule has 2 aromatic rings. The fourth-order valence-corrected chi connectivity index (χ4v) is 2.65. The largest absolute Gasteiger partial charge is 0.398 e. The highest BCUT2D eigenvalue weighted by atomic mass is 79.9. The molecule has 1 heterocycles. The molecular weight excluding hydrogens is 336 g/mol. The molecule has 2 N–H and O–H groups in total. The number of nitrogens with two attached hydrogens (primary N) is 1. The van der Waals surface area contributed by atoms with Gasteiger partial charge in [0.05, 0.1) is 11.1 Å². The molecule has 0 spiro atoms. The molecule has 5 nitrogen and oxygen atoms in total. The normalized spacial score (nSPS) is 13.5. The van der Waals surface area contributed by atoms with Gasteiger partial charge in [-0.05, 0) is 30.3 Å². The second-order valence-corrected chi connectivity index (χ2v) is 5.45. The van der Waals surface area contributed by atoms with Crippen LogP contribution in [0.1, 0.15) is 31.1 Å². The Morgan fingerprint density at radius 2 is 1.76 bits per heavy atom. The predicted molar refractivity (Wildman–Crippen MR) is 79.8 cm³/mol. The van der Waals surface area contributed by atoms with E-state index in [1.165, 1.54) is 12.1 Å². The smallest absolute Gasteiger partial charge is 0.270 e. The van der Waals surface area contributed by atoms with Gasteiger partial charge >= 0.3 is 0 Å². The number of amides is 3. The standard InChI is InChI=1S/C15H9BrN2O3/c16-9-4-1-3-8(7-9)13(19)18-14(20)10-5-2-6-11(17)12(10)15(18)21/h1-7H,17H2. The molecule has 0 saturated heterocycles. The first-order valence-electron chi connectivity index (χ1n) is 6.08. The summed E-state index contributed by atoms with van der Waals surface area (Å²) in [6.45, 7) is 0. The number of rotatable bonds is 1. The number of hydrogen-bond donors (Lipinski definition) is 1. The fraction of sp³-hybridized carbons (Fsp3) is 0. The third-order valence-corrected chi connectivity index (χ3v) is 3.72. The Morgan fingerprint density at radius 3 is 2.43 bits per heavy atom. The highest BCUT2D eigenvalue weighted by molar-refractivity contribution is 9.10. The third-order valence-electron chi connectivity index (χ3n) is 3.22. The Hall–Kier alpha value is -2.47. The van der Waals surface area contributed by atoms with Crippen molar-refractivity contribution in [2.75, 3.05) is 5.73 Å². The van der Waals surface area contributed by atoms with E-state index in [-0.39, 0.29) is 22.4 Å². The predicted octanol–water partition coefficient (Wildman–Crippen LogP) is 2.47. The van der Waals surface area contributed by atoms with Crippen molar-refractivity contribution in [2.45, 2.75) is 0 Å². The van der Waals surface area contributed by atoms with E-state index in [4.69, 9.17) is 5.73 Å². The van der Waals surface area contributed by atoms with Gasteiger partial charge in [-0.2, -0.15) is 0 Å². The summed E-state index contributed by atoms with van der Waals surface area (Å²) in [6, 6.07) is 11.1. The molecule has 0 bridgehead atoms. The van der Waals surface area contributed by atoms with Gasteiger partial charge in [-0.15, -0.1) is 0 Å². The van der Waals surface area contributed by atoms with Gasteiger partial charge in [-0.1, -0.05) is 28.1 Å². The molecule has 0 fully saturated rings. The molecule has 104 valence electrons. The molecular formula is C15H9BrN2O3. The summed E-state index contributed by atoms with van der Waals surface area (Å²) in [5.41, 5.74) is 6.41. The Morgan fingerprint density at radius 1 is 1.05 bits per heavy atom. The summed E-state index contributed by atoms with van der Waals surface area (Å²) in [6.07, 6.45) is 0. The lowest BCUT2D eigenvalue weighted by atomic mass is 10.1. The van der Waals surface area contributed by atoms with Crippen LogP contribution in [0.2, 0.25) is 0 Å². The number of nitrogen functional groups attached to an aromatic ring is 1. The van der Waals surface area contributed by atoms with Crippen molar-refractivity contribution in [1.82, 2.24) is 4.90 Å². The van der Waals surface area contributed by atoms with Gasteiger partial charge in [-0.3, -0.25) is 14.4 Å². The molecule has 0 atom stereocenters.